The van der Waals surface area contributed by atoms with Crippen molar-refractivity contribution in [2.45, 2.75) is 18.0 Å². The van der Waals surface area contributed by atoms with E-state index in [0.717, 1.165) is 4.90 Å². The first-order chi connectivity index (χ1) is 15.9. The fraction of sp³-hybridized carbons (Fsp3) is 0.391. The number of piperazine rings is 1. The second kappa shape index (κ2) is 7.73. The molecule has 3 amide bonds. The number of anilines is 1. The van der Waals surface area contributed by atoms with Gasteiger partial charge in [-0.25, -0.2) is 4.90 Å². The van der Waals surface area contributed by atoms with Crippen molar-refractivity contribution in [3.8, 4) is 5.75 Å². The minimum Gasteiger partial charge on any atom is -0.497 e. The molecule has 0 unspecified atom stereocenters. The third kappa shape index (κ3) is 2.90. The second-order valence-electron chi connectivity index (χ2n) is 8.30. The zero-order valence-electron chi connectivity index (χ0n) is 18.1. The summed E-state index contributed by atoms with van der Waals surface area (Å²) in [6.45, 7) is 0.674. The van der Waals surface area contributed by atoms with Crippen LogP contribution in [0.15, 0.2) is 47.1 Å². The summed E-state index contributed by atoms with van der Waals surface area (Å²) in [4.78, 5) is 56.3. The molecule has 0 aliphatic carbocycles. The van der Waals surface area contributed by atoms with E-state index in [1.165, 1.54) is 20.5 Å². The zero-order valence-corrected chi connectivity index (χ0v) is 18.1. The van der Waals surface area contributed by atoms with E-state index in [1.54, 1.807) is 41.3 Å². The molecule has 33 heavy (non-hydrogen) atoms. The molecule has 172 valence electrons. The van der Waals surface area contributed by atoms with E-state index in [9.17, 15) is 19.2 Å². The highest BCUT2D eigenvalue weighted by atomic mass is 16.5. The van der Waals surface area contributed by atoms with Crippen LogP contribution in [-0.4, -0.2) is 61.4 Å². The number of imide groups is 1. The van der Waals surface area contributed by atoms with Crippen LogP contribution in [0, 0.1) is 11.8 Å². The maximum atomic E-state index is 13.8. The summed E-state index contributed by atoms with van der Waals surface area (Å²) >= 11 is 0. The lowest BCUT2D eigenvalue weighted by Crippen LogP contribution is -2.67. The van der Waals surface area contributed by atoms with Gasteiger partial charge in [0.2, 0.25) is 17.7 Å². The average Bonchev–Trinajstić information content (AvgIpc) is 3.50. The van der Waals surface area contributed by atoms with Gasteiger partial charge in [-0.3, -0.25) is 24.1 Å². The molecule has 0 radical (unpaired) electrons. The largest absolute Gasteiger partial charge is 0.497 e. The van der Waals surface area contributed by atoms with Crippen LogP contribution in [0.25, 0.3) is 0 Å². The van der Waals surface area contributed by atoms with Crippen LogP contribution in [0.1, 0.15) is 18.2 Å². The van der Waals surface area contributed by atoms with E-state index in [2.05, 4.69) is 5.32 Å². The maximum Gasteiger partial charge on any atom is 0.307 e. The van der Waals surface area contributed by atoms with Gasteiger partial charge in [0.15, 0.2) is 0 Å². The lowest BCUT2D eigenvalue weighted by atomic mass is 9.76. The number of ether oxygens (including phenoxy) is 2. The Morgan fingerprint density at radius 2 is 1.91 bits per heavy atom. The highest BCUT2D eigenvalue weighted by Crippen LogP contribution is 2.57. The summed E-state index contributed by atoms with van der Waals surface area (Å²) in [6, 6.07) is 9.26. The van der Waals surface area contributed by atoms with E-state index < -0.39 is 47.1 Å². The third-order valence-electron chi connectivity index (χ3n) is 6.89. The Morgan fingerprint density at radius 1 is 1.15 bits per heavy atom. The van der Waals surface area contributed by atoms with Crippen LogP contribution in [-0.2, 0) is 23.9 Å². The molecule has 3 aliphatic rings. The first kappa shape index (κ1) is 21.2. The number of methoxy groups -OCH3 is 2. The molecule has 10 nitrogen and oxygen atoms in total. The molecule has 3 fully saturated rings. The molecule has 5 rings (SSSR count). The van der Waals surface area contributed by atoms with Gasteiger partial charge in [-0.05, 0) is 36.4 Å². The topological polar surface area (TPSA) is 118 Å². The van der Waals surface area contributed by atoms with Crippen LogP contribution in [0.5, 0.6) is 5.75 Å². The Labute approximate surface area is 189 Å². The fourth-order valence-corrected chi connectivity index (χ4v) is 5.55. The lowest BCUT2D eigenvalue weighted by molar-refractivity contribution is -0.154. The van der Waals surface area contributed by atoms with Crippen molar-refractivity contribution in [1.29, 1.82) is 0 Å². The van der Waals surface area contributed by atoms with Gasteiger partial charge in [0, 0.05) is 13.1 Å². The molecule has 1 aromatic heterocycles. The van der Waals surface area contributed by atoms with Crippen molar-refractivity contribution >= 4 is 29.4 Å². The quantitative estimate of drug-likeness (QED) is 0.524. The number of carbonyl (C=O) groups is 4. The fourth-order valence-electron chi connectivity index (χ4n) is 5.55. The Bertz CT molecular complexity index is 1110. The molecule has 0 spiro atoms. The number of amides is 3. The Morgan fingerprint density at radius 3 is 2.55 bits per heavy atom. The van der Waals surface area contributed by atoms with Crippen molar-refractivity contribution in [2.24, 2.45) is 11.8 Å². The first-order valence-electron chi connectivity index (χ1n) is 10.6. The predicted molar refractivity (Wildman–Crippen MR) is 113 cm³/mol. The van der Waals surface area contributed by atoms with Gasteiger partial charge >= 0.3 is 5.97 Å². The Balaban J connectivity index is 1.67. The molecule has 4 heterocycles. The van der Waals surface area contributed by atoms with Gasteiger partial charge in [-0.1, -0.05) is 0 Å². The van der Waals surface area contributed by atoms with Gasteiger partial charge in [0.25, 0.3) is 0 Å². The molecule has 0 bridgehead atoms. The van der Waals surface area contributed by atoms with Gasteiger partial charge in [0.05, 0.1) is 50.5 Å². The van der Waals surface area contributed by atoms with Crippen molar-refractivity contribution < 1.29 is 33.1 Å². The molecular weight excluding hydrogens is 430 g/mol. The third-order valence-corrected chi connectivity index (χ3v) is 6.89. The van der Waals surface area contributed by atoms with E-state index in [1.807, 2.05) is 0 Å². The number of fused-ring (bicyclic) bond motifs is 3. The lowest BCUT2D eigenvalue weighted by Gasteiger charge is -2.44. The van der Waals surface area contributed by atoms with Gasteiger partial charge < -0.3 is 19.2 Å². The van der Waals surface area contributed by atoms with Crippen LogP contribution in [0.3, 0.4) is 0 Å². The summed E-state index contributed by atoms with van der Waals surface area (Å²) in [5, 5.41) is 2.79. The van der Waals surface area contributed by atoms with Gasteiger partial charge in [-0.15, -0.1) is 0 Å². The Kier molecular flexibility index (Phi) is 4.97. The predicted octanol–water partition coefficient (Wildman–Crippen LogP) is 0.882. The number of esters is 1. The molecule has 2 aromatic rings. The minimum absolute atomic E-state index is 0.322. The van der Waals surface area contributed by atoms with Crippen LogP contribution in [0.2, 0.25) is 0 Å². The van der Waals surface area contributed by atoms with Crippen LogP contribution in [0.4, 0.5) is 5.69 Å². The summed E-state index contributed by atoms with van der Waals surface area (Å²) in [6.07, 6.45) is 1.13. The molecule has 1 aromatic carbocycles. The number of hydrogen-bond acceptors (Lipinski definition) is 8. The van der Waals surface area contributed by atoms with Crippen LogP contribution < -0.4 is 15.0 Å². The molecule has 10 heteroatoms. The maximum absolute atomic E-state index is 13.8. The molecule has 4 atom stereocenters. The van der Waals surface area contributed by atoms with Crippen molar-refractivity contribution in [3.63, 3.8) is 0 Å². The average molecular weight is 453 g/mol. The number of rotatable bonds is 5. The highest BCUT2D eigenvalue weighted by molar-refractivity contribution is 6.24. The highest BCUT2D eigenvalue weighted by Gasteiger charge is 2.73. The van der Waals surface area contributed by atoms with E-state index in [0.29, 0.717) is 30.3 Å². The number of nitrogens with zero attached hydrogens (tertiary/aromatic N) is 2. The summed E-state index contributed by atoms with van der Waals surface area (Å²) in [5.74, 6) is -3.03. The van der Waals surface area contributed by atoms with E-state index in [-0.39, 0.29) is 6.42 Å². The normalized spacial score (nSPS) is 29.0. The number of hydrogen-bond donors (Lipinski definition) is 1. The molecular formula is C23H23N3O7. The number of benzene rings is 1. The molecule has 1 N–H and O–H groups in total. The first-order valence-corrected chi connectivity index (χ1v) is 10.6. The molecule has 3 aliphatic heterocycles. The number of carbonyl (C=O) groups excluding carboxylic acids is 4. The standard InChI is InChI=1S/C23H23N3O7/c1-31-14-7-5-13(6-8-14)26-20(28)17-18(21(26)29)23(12-16(27)32-2)22(30)24-9-10-25(23)19(17)15-4-3-11-33-15/h3-8,11,17-19H,9-10,12H2,1-2H3,(H,24,30)/t17-,18-,19-,23+/m1/s1. The second-order valence-corrected chi connectivity index (χ2v) is 8.30. The zero-order chi connectivity index (χ0) is 23.3. The van der Waals surface area contributed by atoms with Gasteiger partial charge in [0.1, 0.15) is 17.0 Å². The summed E-state index contributed by atoms with van der Waals surface area (Å²) in [5.41, 5.74) is -1.20. The monoisotopic (exact) mass is 453 g/mol. The van der Waals surface area contributed by atoms with Crippen molar-refractivity contribution in [3.05, 3.63) is 48.4 Å². The number of furan rings is 1. The molecule has 3 saturated heterocycles. The van der Waals surface area contributed by atoms with Crippen molar-refractivity contribution in [1.82, 2.24) is 10.2 Å². The van der Waals surface area contributed by atoms with Crippen LogP contribution >= 0.6 is 0 Å². The summed E-state index contributed by atoms with van der Waals surface area (Å²) < 4.78 is 15.7. The SMILES string of the molecule is COC(=O)C[C@]12C(=O)NCCN1[C@H](c1ccco1)[C@@H]1C(=O)N(c3ccc(OC)cc3)C(=O)[C@@H]12. The Hall–Kier alpha value is -3.66. The van der Waals surface area contributed by atoms with E-state index in [4.69, 9.17) is 13.9 Å². The minimum atomic E-state index is -1.57. The smallest absolute Gasteiger partial charge is 0.307 e. The summed E-state index contributed by atoms with van der Waals surface area (Å²) in [7, 11) is 2.75. The van der Waals surface area contributed by atoms with Gasteiger partial charge in [-0.2, -0.15) is 0 Å². The molecule has 0 saturated carbocycles. The van der Waals surface area contributed by atoms with Crippen molar-refractivity contribution in [2.75, 3.05) is 32.2 Å². The van der Waals surface area contributed by atoms with E-state index >= 15 is 0 Å². The number of nitrogens with one attached hydrogen (secondary N) is 1.